The molecular weight excluding hydrogens is 313 g/mol. The van der Waals surface area contributed by atoms with Crippen LogP contribution >= 0.6 is 0 Å². The van der Waals surface area contributed by atoms with E-state index in [0.717, 1.165) is 0 Å². The van der Waals surface area contributed by atoms with Crippen LogP contribution in [-0.2, 0) is 20.7 Å². The van der Waals surface area contributed by atoms with Crippen LogP contribution in [-0.4, -0.2) is 25.1 Å². The van der Waals surface area contributed by atoms with Gasteiger partial charge in [0.15, 0.2) is 6.61 Å². The number of anilines is 1. The van der Waals surface area contributed by atoms with Gasteiger partial charge in [-0.25, -0.2) is 4.39 Å². The Morgan fingerprint density at radius 1 is 1.12 bits per heavy atom. The SMILES string of the molecule is CCOc1ccccc1NC(=O)COC(=O)Cc1cccc(F)c1. The molecule has 0 aliphatic heterocycles. The Labute approximate surface area is 139 Å². The van der Waals surface area contributed by atoms with Crippen LogP contribution in [0.25, 0.3) is 0 Å². The Bertz CT molecular complexity index is 718. The summed E-state index contributed by atoms with van der Waals surface area (Å²) in [4.78, 5) is 23.6. The number of hydrogen-bond donors (Lipinski definition) is 1. The van der Waals surface area contributed by atoms with E-state index in [-0.39, 0.29) is 6.42 Å². The van der Waals surface area contributed by atoms with Gasteiger partial charge in [-0.15, -0.1) is 0 Å². The second kappa shape index (κ2) is 8.67. The van der Waals surface area contributed by atoms with Crippen molar-refractivity contribution in [3.63, 3.8) is 0 Å². The summed E-state index contributed by atoms with van der Waals surface area (Å²) in [6, 6.07) is 12.6. The highest BCUT2D eigenvalue weighted by atomic mass is 19.1. The monoisotopic (exact) mass is 331 g/mol. The molecule has 0 aliphatic rings. The van der Waals surface area contributed by atoms with Gasteiger partial charge in [-0.1, -0.05) is 24.3 Å². The molecule has 2 aromatic rings. The predicted molar refractivity (Wildman–Crippen MR) is 87.3 cm³/mol. The van der Waals surface area contributed by atoms with Crippen LogP contribution in [0.3, 0.4) is 0 Å². The fraction of sp³-hybridized carbons (Fsp3) is 0.222. The van der Waals surface area contributed by atoms with Gasteiger partial charge in [0.1, 0.15) is 11.6 Å². The molecule has 0 unspecified atom stereocenters. The van der Waals surface area contributed by atoms with E-state index >= 15 is 0 Å². The summed E-state index contributed by atoms with van der Waals surface area (Å²) in [7, 11) is 0. The Kier molecular flexibility index (Phi) is 6.31. The molecule has 24 heavy (non-hydrogen) atoms. The summed E-state index contributed by atoms with van der Waals surface area (Å²) in [5, 5.41) is 2.62. The highest BCUT2D eigenvalue weighted by molar-refractivity contribution is 5.94. The molecule has 0 atom stereocenters. The smallest absolute Gasteiger partial charge is 0.310 e. The van der Waals surface area contributed by atoms with Crippen molar-refractivity contribution in [2.75, 3.05) is 18.5 Å². The van der Waals surface area contributed by atoms with Crippen LogP contribution in [0.5, 0.6) is 5.75 Å². The highest BCUT2D eigenvalue weighted by Crippen LogP contribution is 2.23. The molecule has 0 heterocycles. The van der Waals surface area contributed by atoms with Crippen molar-refractivity contribution in [1.29, 1.82) is 0 Å². The summed E-state index contributed by atoms with van der Waals surface area (Å²) in [6.45, 7) is 1.89. The van der Waals surface area contributed by atoms with Gasteiger partial charge in [0.25, 0.3) is 5.91 Å². The average molecular weight is 331 g/mol. The molecule has 5 nitrogen and oxygen atoms in total. The zero-order valence-electron chi connectivity index (χ0n) is 13.3. The number of para-hydroxylation sites is 2. The summed E-state index contributed by atoms with van der Waals surface area (Å²) >= 11 is 0. The second-order valence-electron chi connectivity index (χ2n) is 4.94. The molecular formula is C18H18FNO4. The molecule has 0 saturated heterocycles. The molecule has 0 aromatic heterocycles. The van der Waals surface area contributed by atoms with Crippen LogP contribution in [0, 0.1) is 5.82 Å². The number of amides is 1. The van der Waals surface area contributed by atoms with Crippen molar-refractivity contribution in [3.05, 3.63) is 59.9 Å². The molecule has 6 heteroatoms. The van der Waals surface area contributed by atoms with Crippen LogP contribution in [0.15, 0.2) is 48.5 Å². The van der Waals surface area contributed by atoms with Crippen molar-refractivity contribution in [3.8, 4) is 5.75 Å². The zero-order valence-corrected chi connectivity index (χ0v) is 13.3. The lowest BCUT2D eigenvalue weighted by Gasteiger charge is -2.11. The fourth-order valence-electron chi connectivity index (χ4n) is 2.05. The molecule has 126 valence electrons. The van der Waals surface area contributed by atoms with Crippen molar-refractivity contribution >= 4 is 17.6 Å². The molecule has 0 spiro atoms. The quantitative estimate of drug-likeness (QED) is 0.792. The van der Waals surface area contributed by atoms with Gasteiger partial charge < -0.3 is 14.8 Å². The Balaban J connectivity index is 1.84. The topological polar surface area (TPSA) is 64.6 Å². The number of ether oxygens (including phenoxy) is 2. The molecule has 2 rings (SSSR count). The van der Waals surface area contributed by atoms with Crippen LogP contribution in [0.4, 0.5) is 10.1 Å². The number of esters is 1. The maximum Gasteiger partial charge on any atom is 0.310 e. The van der Waals surface area contributed by atoms with E-state index in [1.165, 1.54) is 18.2 Å². The fourth-order valence-corrected chi connectivity index (χ4v) is 2.05. The molecule has 0 radical (unpaired) electrons. The van der Waals surface area contributed by atoms with Gasteiger partial charge in [0.05, 0.1) is 18.7 Å². The Morgan fingerprint density at radius 2 is 1.92 bits per heavy atom. The minimum Gasteiger partial charge on any atom is -0.492 e. The zero-order chi connectivity index (χ0) is 17.4. The van der Waals surface area contributed by atoms with E-state index in [2.05, 4.69) is 5.32 Å². The number of carbonyl (C=O) groups is 2. The number of benzene rings is 2. The summed E-state index contributed by atoms with van der Waals surface area (Å²) in [5.41, 5.74) is 0.993. The van der Waals surface area contributed by atoms with Crippen molar-refractivity contribution < 1.29 is 23.5 Å². The summed E-state index contributed by atoms with van der Waals surface area (Å²) in [6.07, 6.45) is -0.0967. The molecule has 0 saturated carbocycles. The minimum absolute atomic E-state index is 0.0967. The molecule has 0 fully saturated rings. The number of carbonyl (C=O) groups excluding carboxylic acids is 2. The van der Waals surface area contributed by atoms with Gasteiger partial charge in [-0.05, 0) is 36.8 Å². The molecule has 1 amide bonds. The van der Waals surface area contributed by atoms with Gasteiger partial charge in [0.2, 0.25) is 0 Å². The van der Waals surface area contributed by atoms with Crippen molar-refractivity contribution in [2.45, 2.75) is 13.3 Å². The van der Waals surface area contributed by atoms with Gasteiger partial charge >= 0.3 is 5.97 Å². The maximum atomic E-state index is 13.0. The third-order valence-corrected chi connectivity index (χ3v) is 3.06. The van der Waals surface area contributed by atoms with E-state index in [1.54, 1.807) is 30.3 Å². The van der Waals surface area contributed by atoms with Crippen molar-refractivity contribution in [2.24, 2.45) is 0 Å². The van der Waals surface area contributed by atoms with E-state index in [9.17, 15) is 14.0 Å². The first kappa shape index (κ1) is 17.5. The first-order valence-corrected chi connectivity index (χ1v) is 7.50. The van der Waals surface area contributed by atoms with E-state index < -0.39 is 24.3 Å². The Hall–Kier alpha value is -2.89. The van der Waals surface area contributed by atoms with E-state index in [0.29, 0.717) is 23.6 Å². The molecule has 0 aliphatic carbocycles. The summed E-state index contributed by atoms with van der Waals surface area (Å²) in [5.74, 6) is -0.964. The first-order chi connectivity index (χ1) is 11.6. The lowest BCUT2D eigenvalue weighted by Crippen LogP contribution is -2.22. The number of hydrogen-bond acceptors (Lipinski definition) is 4. The number of rotatable bonds is 7. The van der Waals surface area contributed by atoms with Crippen LogP contribution in [0.2, 0.25) is 0 Å². The third kappa shape index (κ3) is 5.39. The Morgan fingerprint density at radius 3 is 2.67 bits per heavy atom. The van der Waals surface area contributed by atoms with Gasteiger partial charge in [-0.2, -0.15) is 0 Å². The van der Waals surface area contributed by atoms with E-state index in [1.807, 2.05) is 6.92 Å². The summed E-state index contributed by atoms with van der Waals surface area (Å²) < 4.78 is 23.3. The van der Waals surface area contributed by atoms with Crippen LogP contribution in [0.1, 0.15) is 12.5 Å². The molecule has 0 bridgehead atoms. The minimum atomic E-state index is -0.603. The molecule has 1 N–H and O–H groups in total. The standard InChI is InChI=1S/C18H18FNO4/c1-2-23-16-9-4-3-8-15(16)20-17(21)12-24-18(22)11-13-6-5-7-14(19)10-13/h3-10H,2,11-12H2,1H3,(H,20,21). The highest BCUT2D eigenvalue weighted by Gasteiger charge is 2.11. The maximum absolute atomic E-state index is 13.0. The normalized spacial score (nSPS) is 10.1. The van der Waals surface area contributed by atoms with Gasteiger partial charge in [-0.3, -0.25) is 9.59 Å². The largest absolute Gasteiger partial charge is 0.492 e. The van der Waals surface area contributed by atoms with Gasteiger partial charge in [0, 0.05) is 0 Å². The van der Waals surface area contributed by atoms with E-state index in [4.69, 9.17) is 9.47 Å². The lowest BCUT2D eigenvalue weighted by molar-refractivity contribution is -0.146. The number of halogens is 1. The first-order valence-electron chi connectivity index (χ1n) is 7.50. The lowest BCUT2D eigenvalue weighted by atomic mass is 10.1. The second-order valence-corrected chi connectivity index (χ2v) is 4.94. The molecule has 2 aromatic carbocycles. The van der Waals surface area contributed by atoms with Crippen LogP contribution < -0.4 is 10.1 Å². The average Bonchev–Trinajstić information content (AvgIpc) is 2.55. The van der Waals surface area contributed by atoms with Crippen molar-refractivity contribution in [1.82, 2.24) is 0 Å². The predicted octanol–water partition coefficient (Wildman–Crippen LogP) is 2.95. The third-order valence-electron chi connectivity index (χ3n) is 3.06. The number of nitrogens with one attached hydrogen (secondary N) is 1.